The third-order valence-electron chi connectivity index (χ3n) is 4.16. The monoisotopic (exact) mass is 280 g/mol. The van der Waals surface area contributed by atoms with E-state index in [4.69, 9.17) is 0 Å². The molecule has 0 saturated heterocycles. The molecule has 0 fully saturated rings. The second kappa shape index (κ2) is 4.78. The van der Waals surface area contributed by atoms with E-state index in [1.807, 2.05) is 24.3 Å². The highest BCUT2D eigenvalue weighted by Crippen LogP contribution is 2.31. The minimum atomic E-state index is 0.700. The van der Waals surface area contributed by atoms with Gasteiger partial charge in [-0.05, 0) is 18.2 Å². The van der Waals surface area contributed by atoms with Gasteiger partial charge < -0.3 is 4.57 Å². The van der Waals surface area contributed by atoms with Gasteiger partial charge in [-0.3, -0.25) is 0 Å². The van der Waals surface area contributed by atoms with Gasteiger partial charge in [0.15, 0.2) is 0 Å². The van der Waals surface area contributed by atoms with Crippen molar-refractivity contribution >= 4 is 35.1 Å². The molecule has 4 aromatic rings. The van der Waals surface area contributed by atoms with Crippen LogP contribution in [0.1, 0.15) is 5.56 Å². The summed E-state index contributed by atoms with van der Waals surface area (Å²) in [4.78, 5) is 0. The molecule has 1 heterocycles. The van der Waals surface area contributed by atoms with Gasteiger partial charge in [-0.25, -0.2) is 0 Å². The second-order valence-corrected chi connectivity index (χ2v) is 5.45. The molecule has 0 saturated carbocycles. The fraction of sp³-hybridized carbons (Fsp3) is 0. The molecule has 1 aromatic heterocycles. The van der Waals surface area contributed by atoms with Gasteiger partial charge in [-0.2, -0.15) is 5.26 Å². The lowest BCUT2D eigenvalue weighted by Gasteiger charge is -2.13. The summed E-state index contributed by atoms with van der Waals surface area (Å²) in [6.45, 7) is 0. The van der Waals surface area contributed by atoms with E-state index in [2.05, 4.69) is 60.9 Å². The standard InChI is InChI=1S/C19H13BN2/c20-16-9-5-6-13(12-21)19(16)22-17-10-3-1-7-14(17)15-8-2-4-11-18(15)22/h1-11H,20H2. The molecule has 22 heavy (non-hydrogen) atoms. The molecule has 0 aliphatic carbocycles. The summed E-state index contributed by atoms with van der Waals surface area (Å²) in [5.74, 6) is 0. The molecule has 3 heteroatoms. The maximum Gasteiger partial charge on any atom is 0.142 e. The van der Waals surface area contributed by atoms with Crippen LogP contribution in [0, 0.1) is 11.3 Å². The third kappa shape index (κ3) is 1.68. The van der Waals surface area contributed by atoms with E-state index in [9.17, 15) is 5.26 Å². The largest absolute Gasteiger partial charge is 0.308 e. The van der Waals surface area contributed by atoms with Crippen molar-refractivity contribution in [3.8, 4) is 11.8 Å². The number of benzene rings is 3. The maximum absolute atomic E-state index is 9.52. The first-order valence-electron chi connectivity index (χ1n) is 7.29. The van der Waals surface area contributed by atoms with E-state index in [0.29, 0.717) is 5.56 Å². The van der Waals surface area contributed by atoms with Crippen molar-refractivity contribution in [3.63, 3.8) is 0 Å². The average molecular weight is 280 g/mol. The second-order valence-electron chi connectivity index (χ2n) is 5.45. The number of hydrogen-bond donors (Lipinski definition) is 0. The molecule has 0 radical (unpaired) electrons. The molecule has 0 aliphatic heterocycles. The van der Waals surface area contributed by atoms with E-state index >= 15 is 0 Å². The Kier molecular flexibility index (Phi) is 2.77. The number of aromatic nitrogens is 1. The van der Waals surface area contributed by atoms with E-state index in [-0.39, 0.29) is 0 Å². The smallest absolute Gasteiger partial charge is 0.142 e. The van der Waals surface area contributed by atoms with Crippen LogP contribution in [0.15, 0.2) is 66.7 Å². The van der Waals surface area contributed by atoms with Crippen molar-refractivity contribution in [2.45, 2.75) is 0 Å². The van der Waals surface area contributed by atoms with E-state index < -0.39 is 0 Å². The lowest BCUT2D eigenvalue weighted by atomic mass is 9.91. The van der Waals surface area contributed by atoms with Crippen molar-refractivity contribution in [2.24, 2.45) is 0 Å². The minimum Gasteiger partial charge on any atom is -0.308 e. The summed E-state index contributed by atoms with van der Waals surface area (Å²) in [6.07, 6.45) is 0. The van der Waals surface area contributed by atoms with Crippen LogP contribution < -0.4 is 5.46 Å². The van der Waals surface area contributed by atoms with Crippen LogP contribution in [0.5, 0.6) is 0 Å². The van der Waals surface area contributed by atoms with Gasteiger partial charge in [-0.15, -0.1) is 0 Å². The van der Waals surface area contributed by atoms with Crippen LogP contribution in [0.25, 0.3) is 27.5 Å². The summed E-state index contributed by atoms with van der Waals surface area (Å²) in [5, 5.41) is 11.9. The predicted octanol–water partition coefficient (Wildman–Crippen LogP) is 2.91. The number of para-hydroxylation sites is 3. The summed E-state index contributed by atoms with van der Waals surface area (Å²) >= 11 is 0. The van der Waals surface area contributed by atoms with Crippen molar-refractivity contribution in [3.05, 3.63) is 72.3 Å². The molecule has 0 unspecified atom stereocenters. The zero-order valence-corrected chi connectivity index (χ0v) is 12.2. The fourth-order valence-electron chi connectivity index (χ4n) is 3.21. The number of nitrogens with zero attached hydrogens (tertiary/aromatic N) is 2. The van der Waals surface area contributed by atoms with Crippen LogP contribution in [0.3, 0.4) is 0 Å². The maximum atomic E-state index is 9.52. The van der Waals surface area contributed by atoms with Gasteiger partial charge >= 0.3 is 0 Å². The van der Waals surface area contributed by atoms with E-state index in [1.165, 1.54) is 10.8 Å². The van der Waals surface area contributed by atoms with Gasteiger partial charge in [0.1, 0.15) is 13.9 Å². The quantitative estimate of drug-likeness (QED) is 0.493. The number of fused-ring (bicyclic) bond motifs is 3. The highest BCUT2D eigenvalue weighted by molar-refractivity contribution is 6.35. The first-order valence-corrected chi connectivity index (χ1v) is 7.29. The van der Waals surface area contributed by atoms with Crippen molar-refractivity contribution in [2.75, 3.05) is 0 Å². The Balaban J connectivity index is 2.27. The van der Waals surface area contributed by atoms with Crippen LogP contribution in [-0.4, -0.2) is 12.4 Å². The van der Waals surface area contributed by atoms with Crippen LogP contribution in [0.4, 0.5) is 0 Å². The Hall–Kier alpha value is -2.99. The van der Waals surface area contributed by atoms with Gasteiger partial charge in [0.25, 0.3) is 0 Å². The van der Waals surface area contributed by atoms with Crippen molar-refractivity contribution in [1.82, 2.24) is 4.57 Å². The SMILES string of the molecule is Bc1cccc(C#N)c1-n1c2ccccc2c2ccccc21. The molecular weight excluding hydrogens is 267 g/mol. The Labute approximate surface area is 129 Å². The van der Waals surface area contributed by atoms with Crippen LogP contribution in [0.2, 0.25) is 0 Å². The van der Waals surface area contributed by atoms with Crippen molar-refractivity contribution in [1.29, 1.82) is 5.26 Å². The van der Waals surface area contributed by atoms with E-state index in [1.54, 1.807) is 0 Å². The van der Waals surface area contributed by atoms with Gasteiger partial charge in [-0.1, -0.05) is 54.0 Å². The van der Waals surface area contributed by atoms with Crippen LogP contribution in [-0.2, 0) is 0 Å². The van der Waals surface area contributed by atoms with Crippen LogP contribution >= 0.6 is 0 Å². The summed E-state index contributed by atoms with van der Waals surface area (Å²) < 4.78 is 2.21. The zero-order chi connectivity index (χ0) is 15.1. The minimum absolute atomic E-state index is 0.700. The lowest BCUT2D eigenvalue weighted by molar-refractivity contribution is 1.18. The molecular formula is C19H13BN2. The average Bonchev–Trinajstić information content (AvgIpc) is 2.89. The number of nitriles is 1. The van der Waals surface area contributed by atoms with Gasteiger partial charge in [0.2, 0.25) is 0 Å². The van der Waals surface area contributed by atoms with Gasteiger partial charge in [0.05, 0.1) is 22.3 Å². The molecule has 0 aliphatic rings. The van der Waals surface area contributed by atoms with Gasteiger partial charge in [0, 0.05) is 10.8 Å². The molecule has 4 rings (SSSR count). The number of hydrogen-bond acceptors (Lipinski definition) is 1. The topological polar surface area (TPSA) is 28.7 Å². The zero-order valence-electron chi connectivity index (χ0n) is 12.2. The first-order chi connectivity index (χ1) is 10.8. The Morgan fingerprint density at radius 2 is 1.36 bits per heavy atom. The molecule has 0 amide bonds. The highest BCUT2D eigenvalue weighted by atomic mass is 15.0. The first kappa shape index (κ1) is 12.7. The molecule has 3 aromatic carbocycles. The molecule has 0 N–H and O–H groups in total. The predicted molar refractivity (Wildman–Crippen MR) is 93.7 cm³/mol. The van der Waals surface area contributed by atoms with E-state index in [0.717, 1.165) is 22.2 Å². The normalized spacial score (nSPS) is 10.9. The summed E-state index contributed by atoms with van der Waals surface area (Å²) in [6, 6.07) is 24.9. The molecule has 0 bridgehead atoms. The molecule has 2 nitrogen and oxygen atoms in total. The third-order valence-corrected chi connectivity index (χ3v) is 4.16. The summed E-state index contributed by atoms with van der Waals surface area (Å²) in [7, 11) is 2.06. The molecule has 0 atom stereocenters. The highest BCUT2D eigenvalue weighted by Gasteiger charge is 2.15. The Bertz CT molecular complexity index is 1000. The Morgan fingerprint density at radius 3 is 1.95 bits per heavy atom. The fourth-order valence-corrected chi connectivity index (χ4v) is 3.21. The Morgan fingerprint density at radius 1 is 0.773 bits per heavy atom. The number of rotatable bonds is 1. The lowest BCUT2D eigenvalue weighted by Crippen LogP contribution is -2.14. The van der Waals surface area contributed by atoms with Crippen molar-refractivity contribution < 1.29 is 0 Å². The molecule has 102 valence electrons. The molecule has 0 spiro atoms. The summed E-state index contributed by atoms with van der Waals surface area (Å²) in [5.41, 5.74) is 5.04.